The fraction of sp³-hybridized carbons (Fsp3) is 0.625. The van der Waals surface area contributed by atoms with E-state index in [0.717, 1.165) is 19.3 Å². The molecular weight excluding hydrogens is 266 g/mol. The number of halogens is 1. The van der Waals surface area contributed by atoms with Gasteiger partial charge in [-0.3, -0.25) is 4.79 Å². The highest BCUT2D eigenvalue weighted by atomic mass is 79.9. The van der Waals surface area contributed by atoms with Gasteiger partial charge in [0.1, 0.15) is 0 Å². The molecule has 1 N–H and O–H groups in total. The lowest BCUT2D eigenvalue weighted by Crippen LogP contribution is -2.37. The van der Waals surface area contributed by atoms with Crippen molar-refractivity contribution in [2.45, 2.75) is 30.1 Å². The van der Waals surface area contributed by atoms with Gasteiger partial charge in [-0.25, -0.2) is 0 Å². The molecule has 1 aromatic rings. The fourth-order valence-electron chi connectivity index (χ4n) is 1.58. The van der Waals surface area contributed by atoms with E-state index in [0.29, 0.717) is 10.5 Å². The maximum absolute atomic E-state index is 11.6. The SMILES string of the molecule is O=C(NC1CCCC1Br)c1csnn1. The van der Waals surface area contributed by atoms with Crippen molar-refractivity contribution in [2.24, 2.45) is 0 Å². The van der Waals surface area contributed by atoms with Crippen molar-refractivity contribution in [3.63, 3.8) is 0 Å². The molecule has 1 aliphatic carbocycles. The summed E-state index contributed by atoms with van der Waals surface area (Å²) in [4.78, 5) is 12.0. The summed E-state index contributed by atoms with van der Waals surface area (Å²) in [5.74, 6) is -0.116. The summed E-state index contributed by atoms with van der Waals surface area (Å²) in [6.45, 7) is 0. The summed E-state index contributed by atoms with van der Waals surface area (Å²) >= 11 is 4.74. The number of rotatable bonds is 2. The van der Waals surface area contributed by atoms with E-state index in [1.54, 1.807) is 5.38 Å². The topological polar surface area (TPSA) is 54.9 Å². The van der Waals surface area contributed by atoms with Gasteiger partial charge < -0.3 is 5.32 Å². The summed E-state index contributed by atoms with van der Waals surface area (Å²) < 4.78 is 3.66. The second-order valence-electron chi connectivity index (χ2n) is 3.32. The van der Waals surface area contributed by atoms with Gasteiger partial charge in [-0.05, 0) is 24.4 Å². The third kappa shape index (κ3) is 2.12. The lowest BCUT2D eigenvalue weighted by Gasteiger charge is -2.14. The van der Waals surface area contributed by atoms with Crippen molar-refractivity contribution in [1.82, 2.24) is 14.9 Å². The Morgan fingerprint density at radius 1 is 1.64 bits per heavy atom. The molecule has 1 saturated carbocycles. The fourth-order valence-corrected chi connectivity index (χ4v) is 2.74. The van der Waals surface area contributed by atoms with Crippen LogP contribution in [-0.2, 0) is 0 Å². The van der Waals surface area contributed by atoms with E-state index in [1.807, 2.05) is 0 Å². The molecule has 0 saturated heterocycles. The summed E-state index contributed by atoms with van der Waals surface area (Å²) in [5.41, 5.74) is 0.418. The Morgan fingerprint density at radius 3 is 3.07 bits per heavy atom. The number of carbonyl (C=O) groups is 1. The van der Waals surface area contributed by atoms with Crippen molar-refractivity contribution in [3.05, 3.63) is 11.1 Å². The Balaban J connectivity index is 1.95. The van der Waals surface area contributed by atoms with Crippen LogP contribution in [0.3, 0.4) is 0 Å². The highest BCUT2D eigenvalue weighted by Gasteiger charge is 2.26. The van der Waals surface area contributed by atoms with Crippen LogP contribution in [0, 0.1) is 0 Å². The van der Waals surface area contributed by atoms with Gasteiger partial charge in [-0.1, -0.05) is 26.8 Å². The molecule has 2 atom stereocenters. The van der Waals surface area contributed by atoms with Crippen LogP contribution in [0.1, 0.15) is 29.8 Å². The molecule has 1 aliphatic rings. The largest absolute Gasteiger partial charge is 0.347 e. The number of carbonyl (C=O) groups excluding carboxylic acids is 1. The van der Waals surface area contributed by atoms with Gasteiger partial charge in [0.2, 0.25) is 0 Å². The van der Waals surface area contributed by atoms with Gasteiger partial charge >= 0.3 is 0 Å². The van der Waals surface area contributed by atoms with E-state index in [2.05, 4.69) is 30.8 Å². The third-order valence-electron chi connectivity index (χ3n) is 2.34. The lowest BCUT2D eigenvalue weighted by molar-refractivity contribution is 0.0934. The summed E-state index contributed by atoms with van der Waals surface area (Å²) in [6, 6.07) is 0.240. The van der Waals surface area contributed by atoms with Crippen molar-refractivity contribution in [3.8, 4) is 0 Å². The van der Waals surface area contributed by atoms with Crippen molar-refractivity contribution in [1.29, 1.82) is 0 Å². The summed E-state index contributed by atoms with van der Waals surface area (Å²) in [6.07, 6.45) is 3.33. The maximum atomic E-state index is 11.6. The van der Waals surface area contributed by atoms with Gasteiger partial charge in [-0.15, -0.1) is 5.10 Å². The van der Waals surface area contributed by atoms with Gasteiger partial charge in [0, 0.05) is 16.2 Å². The molecule has 1 amide bonds. The third-order valence-corrected chi connectivity index (χ3v) is 3.94. The molecule has 0 spiro atoms. The quantitative estimate of drug-likeness (QED) is 0.834. The Morgan fingerprint density at radius 2 is 2.50 bits per heavy atom. The second-order valence-corrected chi connectivity index (χ2v) is 5.10. The van der Waals surface area contributed by atoms with E-state index in [-0.39, 0.29) is 11.9 Å². The first-order valence-corrected chi connectivity index (χ1v) is 6.24. The zero-order valence-corrected chi connectivity index (χ0v) is 9.84. The van der Waals surface area contributed by atoms with Crippen LogP contribution in [-0.4, -0.2) is 26.4 Å². The summed E-state index contributed by atoms with van der Waals surface area (Å²) in [7, 11) is 0. The molecule has 4 nitrogen and oxygen atoms in total. The lowest BCUT2D eigenvalue weighted by atomic mass is 10.2. The average Bonchev–Trinajstić information content (AvgIpc) is 2.77. The summed E-state index contributed by atoms with van der Waals surface area (Å²) in [5, 5.41) is 8.33. The monoisotopic (exact) mass is 275 g/mol. The first kappa shape index (κ1) is 10.0. The minimum Gasteiger partial charge on any atom is -0.347 e. The van der Waals surface area contributed by atoms with Crippen LogP contribution in [0.5, 0.6) is 0 Å². The predicted octanol–water partition coefficient (Wildman–Crippen LogP) is 1.58. The van der Waals surface area contributed by atoms with E-state index >= 15 is 0 Å². The molecule has 0 aromatic carbocycles. The first-order chi connectivity index (χ1) is 6.77. The first-order valence-electron chi connectivity index (χ1n) is 4.49. The Labute approximate surface area is 94.4 Å². The van der Waals surface area contributed by atoms with Crippen LogP contribution in [0.15, 0.2) is 5.38 Å². The Hall–Kier alpha value is -0.490. The van der Waals surface area contributed by atoms with E-state index in [4.69, 9.17) is 0 Å². The van der Waals surface area contributed by atoms with Gasteiger partial charge in [0.05, 0.1) is 0 Å². The van der Waals surface area contributed by atoms with Crippen LogP contribution in [0.2, 0.25) is 0 Å². The normalized spacial score (nSPS) is 26.4. The molecule has 14 heavy (non-hydrogen) atoms. The standard InChI is InChI=1S/C8H10BrN3OS/c9-5-2-1-3-6(5)10-8(13)7-4-14-12-11-7/h4-6H,1-3H2,(H,10,13). The van der Waals surface area contributed by atoms with Crippen molar-refractivity contribution < 1.29 is 4.79 Å². The molecule has 0 radical (unpaired) electrons. The average molecular weight is 276 g/mol. The molecule has 0 aliphatic heterocycles. The highest BCUT2D eigenvalue weighted by molar-refractivity contribution is 9.09. The smallest absolute Gasteiger partial charge is 0.272 e. The molecule has 1 heterocycles. The molecule has 1 aromatic heterocycles. The van der Waals surface area contributed by atoms with Gasteiger partial charge in [-0.2, -0.15) is 0 Å². The van der Waals surface area contributed by atoms with Gasteiger partial charge in [0.15, 0.2) is 5.69 Å². The van der Waals surface area contributed by atoms with Gasteiger partial charge in [0.25, 0.3) is 5.91 Å². The molecule has 1 fully saturated rings. The number of nitrogens with one attached hydrogen (secondary N) is 1. The molecule has 2 unspecified atom stereocenters. The molecule has 0 bridgehead atoms. The second kappa shape index (κ2) is 4.35. The molecular formula is C8H10BrN3OS. The Kier molecular flexibility index (Phi) is 3.12. The predicted molar refractivity (Wildman–Crippen MR) is 57.7 cm³/mol. The number of alkyl halides is 1. The highest BCUT2D eigenvalue weighted by Crippen LogP contribution is 2.25. The van der Waals surface area contributed by atoms with E-state index in [1.165, 1.54) is 11.5 Å². The number of amides is 1. The van der Waals surface area contributed by atoms with Crippen molar-refractivity contribution in [2.75, 3.05) is 0 Å². The van der Waals surface area contributed by atoms with Crippen molar-refractivity contribution >= 4 is 33.4 Å². The number of hydrogen-bond acceptors (Lipinski definition) is 4. The molecule has 6 heteroatoms. The zero-order chi connectivity index (χ0) is 9.97. The zero-order valence-electron chi connectivity index (χ0n) is 7.44. The van der Waals surface area contributed by atoms with E-state index < -0.39 is 0 Å². The molecule has 2 rings (SSSR count). The minimum absolute atomic E-state index is 0.116. The van der Waals surface area contributed by atoms with Crippen LogP contribution in [0.4, 0.5) is 0 Å². The van der Waals surface area contributed by atoms with Crippen LogP contribution >= 0.6 is 27.5 Å². The van der Waals surface area contributed by atoms with Crippen LogP contribution < -0.4 is 5.32 Å². The molecule has 76 valence electrons. The number of aromatic nitrogens is 2. The number of hydrogen-bond donors (Lipinski definition) is 1. The number of nitrogens with zero attached hydrogens (tertiary/aromatic N) is 2. The Bertz CT molecular complexity index is 316. The minimum atomic E-state index is -0.116. The van der Waals surface area contributed by atoms with Crippen LogP contribution in [0.25, 0.3) is 0 Å². The maximum Gasteiger partial charge on any atom is 0.272 e. The van der Waals surface area contributed by atoms with E-state index in [9.17, 15) is 4.79 Å².